The highest BCUT2D eigenvalue weighted by Crippen LogP contribution is 2.13. The quantitative estimate of drug-likeness (QED) is 0.617. The molecule has 0 aromatic heterocycles. The van der Waals surface area contributed by atoms with Crippen molar-refractivity contribution in [2.45, 2.75) is 60.3 Å². The summed E-state index contributed by atoms with van der Waals surface area (Å²) >= 11 is 0. The maximum Gasteiger partial charge on any atom is 0.310 e. The van der Waals surface area contributed by atoms with Gasteiger partial charge in [0.1, 0.15) is 0 Å². The smallest absolute Gasteiger partial charge is 0.310 e. The van der Waals surface area contributed by atoms with Crippen molar-refractivity contribution in [1.29, 1.82) is 0 Å². The fourth-order valence-corrected chi connectivity index (χ4v) is 1.82. The first kappa shape index (κ1) is 17.7. The summed E-state index contributed by atoms with van der Waals surface area (Å²) in [5, 5.41) is 8.82. The van der Waals surface area contributed by atoms with Crippen LogP contribution in [0.1, 0.15) is 60.3 Å². The Morgan fingerprint density at radius 2 is 1.53 bits per heavy atom. The Morgan fingerprint density at radius 1 is 1.00 bits per heavy atom. The minimum Gasteiger partial charge on any atom is -0.481 e. The highest BCUT2D eigenvalue weighted by atomic mass is 16.4. The third kappa shape index (κ3) is 10.3. The summed E-state index contributed by atoms with van der Waals surface area (Å²) in [6, 6.07) is 0. The normalized spacial score (nSPS) is 14.2. The lowest BCUT2D eigenvalue weighted by molar-refractivity contribution is -0.139. The number of aliphatic carboxylic acids is 1. The number of carboxylic acid groups (broad SMARTS) is 1. The minimum atomic E-state index is -0.757. The number of carbonyl (C=O) groups is 1. The SMILES string of the molecule is CC(C)=CCCC(C)=CCCC(C)=CC(C)C(=O)O. The molecule has 0 saturated heterocycles. The van der Waals surface area contributed by atoms with E-state index >= 15 is 0 Å². The summed E-state index contributed by atoms with van der Waals surface area (Å²) in [7, 11) is 0. The molecule has 1 unspecified atom stereocenters. The van der Waals surface area contributed by atoms with Crippen LogP contribution in [0.5, 0.6) is 0 Å². The Balaban J connectivity index is 4.06. The third-order valence-electron chi connectivity index (χ3n) is 3.05. The lowest BCUT2D eigenvalue weighted by atomic mass is 10.0. The third-order valence-corrected chi connectivity index (χ3v) is 3.05. The van der Waals surface area contributed by atoms with E-state index in [1.807, 2.05) is 13.0 Å². The fraction of sp³-hybridized carbons (Fsp3) is 0.588. The molecule has 0 aromatic carbocycles. The van der Waals surface area contributed by atoms with E-state index in [0.717, 1.165) is 31.3 Å². The molecular weight excluding hydrogens is 236 g/mol. The van der Waals surface area contributed by atoms with Crippen LogP contribution in [-0.2, 0) is 4.79 Å². The van der Waals surface area contributed by atoms with Crippen molar-refractivity contribution in [3.05, 3.63) is 34.9 Å². The number of hydrogen-bond donors (Lipinski definition) is 1. The first-order valence-corrected chi connectivity index (χ1v) is 7.02. The van der Waals surface area contributed by atoms with Crippen LogP contribution in [0.4, 0.5) is 0 Å². The van der Waals surface area contributed by atoms with E-state index in [0.29, 0.717) is 0 Å². The van der Waals surface area contributed by atoms with E-state index in [4.69, 9.17) is 5.11 Å². The zero-order valence-electron chi connectivity index (χ0n) is 13.0. The molecule has 0 bridgehead atoms. The van der Waals surface area contributed by atoms with E-state index < -0.39 is 5.97 Å². The molecule has 0 heterocycles. The van der Waals surface area contributed by atoms with Gasteiger partial charge in [-0.1, -0.05) is 34.9 Å². The van der Waals surface area contributed by atoms with Crippen molar-refractivity contribution in [1.82, 2.24) is 0 Å². The van der Waals surface area contributed by atoms with Gasteiger partial charge >= 0.3 is 5.97 Å². The van der Waals surface area contributed by atoms with E-state index in [1.165, 1.54) is 11.1 Å². The molecule has 2 heteroatoms. The van der Waals surface area contributed by atoms with Gasteiger partial charge in [-0.25, -0.2) is 0 Å². The molecule has 0 aliphatic heterocycles. The lowest BCUT2D eigenvalue weighted by Gasteiger charge is -2.03. The van der Waals surface area contributed by atoms with Crippen LogP contribution < -0.4 is 0 Å². The van der Waals surface area contributed by atoms with Crippen LogP contribution >= 0.6 is 0 Å². The summed E-state index contributed by atoms with van der Waals surface area (Å²) < 4.78 is 0. The zero-order chi connectivity index (χ0) is 14.8. The first-order valence-electron chi connectivity index (χ1n) is 7.02. The zero-order valence-corrected chi connectivity index (χ0v) is 13.0. The summed E-state index contributed by atoms with van der Waals surface area (Å²) in [4.78, 5) is 10.7. The van der Waals surface area contributed by atoms with Crippen LogP contribution in [0.15, 0.2) is 34.9 Å². The molecule has 0 aliphatic rings. The average Bonchev–Trinajstić information content (AvgIpc) is 2.28. The lowest BCUT2D eigenvalue weighted by Crippen LogP contribution is -2.06. The molecule has 0 saturated carbocycles. The molecule has 0 aromatic rings. The van der Waals surface area contributed by atoms with Gasteiger partial charge in [0.05, 0.1) is 5.92 Å². The van der Waals surface area contributed by atoms with E-state index in [9.17, 15) is 4.79 Å². The van der Waals surface area contributed by atoms with Gasteiger partial charge in [-0.05, 0) is 60.3 Å². The molecule has 2 nitrogen and oxygen atoms in total. The Hall–Kier alpha value is -1.31. The largest absolute Gasteiger partial charge is 0.481 e. The van der Waals surface area contributed by atoms with Crippen LogP contribution in [0, 0.1) is 5.92 Å². The van der Waals surface area contributed by atoms with E-state index in [2.05, 4.69) is 32.9 Å². The van der Waals surface area contributed by atoms with Gasteiger partial charge in [-0.3, -0.25) is 4.79 Å². The second kappa shape index (κ2) is 9.60. The monoisotopic (exact) mass is 264 g/mol. The molecule has 0 rings (SSSR count). The highest BCUT2D eigenvalue weighted by Gasteiger charge is 2.06. The van der Waals surface area contributed by atoms with Crippen LogP contribution in [0.2, 0.25) is 0 Å². The number of carboxylic acids is 1. The van der Waals surface area contributed by atoms with Crippen LogP contribution in [0.25, 0.3) is 0 Å². The van der Waals surface area contributed by atoms with E-state index in [1.54, 1.807) is 6.92 Å². The average molecular weight is 264 g/mol. The summed E-state index contributed by atoms with van der Waals surface area (Å²) in [6.07, 6.45) is 10.5. The van der Waals surface area contributed by atoms with Crippen molar-refractivity contribution in [2.24, 2.45) is 5.92 Å². The summed E-state index contributed by atoms with van der Waals surface area (Å²) in [6.45, 7) is 10.1. The Bertz CT molecular complexity index is 369. The Kier molecular flexibility index (Phi) is 8.94. The second-order valence-electron chi connectivity index (χ2n) is 5.55. The predicted octanol–water partition coefficient (Wildman–Crippen LogP) is 5.13. The molecular formula is C17H28O2. The van der Waals surface area contributed by atoms with Gasteiger partial charge in [0, 0.05) is 0 Å². The Labute approximate surface area is 117 Å². The van der Waals surface area contributed by atoms with Crippen molar-refractivity contribution in [3.8, 4) is 0 Å². The predicted molar refractivity (Wildman–Crippen MR) is 82.2 cm³/mol. The van der Waals surface area contributed by atoms with Crippen LogP contribution in [-0.4, -0.2) is 11.1 Å². The molecule has 1 atom stereocenters. The topological polar surface area (TPSA) is 37.3 Å². The number of hydrogen-bond acceptors (Lipinski definition) is 1. The van der Waals surface area contributed by atoms with Gasteiger partial charge < -0.3 is 5.11 Å². The summed E-state index contributed by atoms with van der Waals surface area (Å²) in [5.74, 6) is -1.14. The first-order chi connectivity index (χ1) is 8.82. The van der Waals surface area contributed by atoms with Gasteiger partial charge in [0.2, 0.25) is 0 Å². The highest BCUT2D eigenvalue weighted by molar-refractivity contribution is 5.71. The second-order valence-corrected chi connectivity index (χ2v) is 5.55. The maximum atomic E-state index is 10.7. The number of allylic oxidation sites excluding steroid dienone is 5. The molecule has 108 valence electrons. The molecule has 0 amide bonds. The number of rotatable bonds is 8. The van der Waals surface area contributed by atoms with Gasteiger partial charge in [-0.15, -0.1) is 0 Å². The summed E-state index contributed by atoms with van der Waals surface area (Å²) in [5.41, 5.74) is 3.94. The Morgan fingerprint density at radius 3 is 2.05 bits per heavy atom. The molecule has 0 spiro atoms. The van der Waals surface area contributed by atoms with Crippen molar-refractivity contribution < 1.29 is 9.90 Å². The van der Waals surface area contributed by atoms with Crippen molar-refractivity contribution in [3.63, 3.8) is 0 Å². The molecule has 1 N–H and O–H groups in total. The van der Waals surface area contributed by atoms with Crippen molar-refractivity contribution in [2.75, 3.05) is 0 Å². The maximum absolute atomic E-state index is 10.7. The molecule has 0 radical (unpaired) electrons. The van der Waals surface area contributed by atoms with E-state index in [-0.39, 0.29) is 5.92 Å². The molecule has 0 fully saturated rings. The fourth-order valence-electron chi connectivity index (χ4n) is 1.82. The van der Waals surface area contributed by atoms with Gasteiger partial charge in [0.25, 0.3) is 0 Å². The molecule has 0 aliphatic carbocycles. The minimum absolute atomic E-state index is 0.386. The van der Waals surface area contributed by atoms with Crippen molar-refractivity contribution >= 4 is 5.97 Å². The van der Waals surface area contributed by atoms with Crippen LogP contribution in [0.3, 0.4) is 0 Å². The van der Waals surface area contributed by atoms with Gasteiger partial charge in [-0.2, -0.15) is 0 Å². The standard InChI is InChI=1S/C17H28O2/c1-13(2)8-6-9-14(3)10-7-11-15(4)12-16(5)17(18)19/h8,10,12,16H,6-7,9,11H2,1-5H3,(H,18,19). The van der Waals surface area contributed by atoms with Gasteiger partial charge in [0.15, 0.2) is 0 Å². The molecule has 19 heavy (non-hydrogen) atoms.